The minimum absolute atomic E-state index is 0.108. The van der Waals surface area contributed by atoms with Crippen LogP contribution < -0.4 is 0 Å². The van der Waals surface area contributed by atoms with E-state index in [-0.39, 0.29) is 5.41 Å². The first-order chi connectivity index (χ1) is 10.9. The van der Waals surface area contributed by atoms with Crippen LogP contribution in [0.2, 0.25) is 0 Å². The van der Waals surface area contributed by atoms with Gasteiger partial charge in [0.15, 0.2) is 0 Å². The first kappa shape index (κ1) is 15.8. The Balaban J connectivity index is 2.22. The minimum Gasteiger partial charge on any atom is -0.507 e. The summed E-state index contributed by atoms with van der Waals surface area (Å²) in [6, 6.07) is 14.5. The smallest absolute Gasteiger partial charge is 0.123 e. The maximum absolute atomic E-state index is 10.5. The van der Waals surface area contributed by atoms with Gasteiger partial charge in [0.05, 0.1) is 0 Å². The van der Waals surface area contributed by atoms with E-state index in [0.29, 0.717) is 5.75 Å². The molecule has 0 aromatic heterocycles. The average Bonchev–Trinajstić information content (AvgIpc) is 2.51. The average molecular weight is 307 g/mol. The molecule has 23 heavy (non-hydrogen) atoms. The Bertz CT molecular complexity index is 756. The molecule has 120 valence electrons. The zero-order valence-corrected chi connectivity index (χ0v) is 14.4. The lowest BCUT2D eigenvalue weighted by atomic mass is 9.67. The van der Waals surface area contributed by atoms with Gasteiger partial charge in [-0.1, -0.05) is 56.3 Å². The Labute approximate surface area is 139 Å². The Morgan fingerprint density at radius 2 is 1.70 bits per heavy atom. The van der Waals surface area contributed by atoms with Gasteiger partial charge in [-0.3, -0.25) is 0 Å². The summed E-state index contributed by atoms with van der Waals surface area (Å²) < 4.78 is 0. The van der Waals surface area contributed by atoms with E-state index >= 15 is 0 Å². The Hall–Kier alpha value is -2.06. The molecule has 0 fully saturated rings. The molecule has 3 rings (SSSR count). The van der Waals surface area contributed by atoms with Gasteiger partial charge in [0.25, 0.3) is 0 Å². The summed E-state index contributed by atoms with van der Waals surface area (Å²) in [6.45, 7) is 5.47. The highest BCUT2D eigenvalue weighted by Crippen LogP contribution is 2.48. The second-order valence-electron chi connectivity index (χ2n) is 7.08. The van der Waals surface area contributed by atoms with E-state index in [2.05, 4.69) is 69.3 Å². The molecule has 0 saturated carbocycles. The topological polar surface area (TPSA) is 23.5 Å². The summed E-state index contributed by atoms with van der Waals surface area (Å²) in [7, 11) is 4.17. The molecule has 2 nitrogen and oxygen atoms in total. The molecule has 0 atom stereocenters. The Morgan fingerprint density at radius 3 is 2.43 bits per heavy atom. The molecule has 0 bridgehead atoms. The molecule has 0 aliphatic heterocycles. The number of hydrogen-bond donors (Lipinski definition) is 1. The van der Waals surface area contributed by atoms with Gasteiger partial charge in [-0.15, -0.1) is 0 Å². The fourth-order valence-corrected chi connectivity index (χ4v) is 3.57. The number of rotatable bonds is 3. The summed E-state index contributed by atoms with van der Waals surface area (Å²) in [5.41, 5.74) is 5.82. The maximum atomic E-state index is 10.5. The quantitative estimate of drug-likeness (QED) is 0.907. The fourth-order valence-electron chi connectivity index (χ4n) is 3.57. The number of phenolic OH excluding ortho intramolecular Hbond substituents is 1. The van der Waals surface area contributed by atoms with Gasteiger partial charge in [-0.05, 0) is 48.8 Å². The van der Waals surface area contributed by atoms with Crippen molar-refractivity contribution >= 4 is 5.57 Å². The molecule has 0 heterocycles. The summed E-state index contributed by atoms with van der Waals surface area (Å²) in [5, 5.41) is 10.5. The van der Waals surface area contributed by atoms with E-state index in [1.54, 1.807) is 6.07 Å². The van der Waals surface area contributed by atoms with Gasteiger partial charge in [0.1, 0.15) is 5.75 Å². The lowest BCUT2D eigenvalue weighted by Gasteiger charge is -2.36. The predicted octanol–water partition coefficient (Wildman–Crippen LogP) is 4.41. The number of fused-ring (bicyclic) bond motifs is 2. The van der Waals surface area contributed by atoms with Crippen LogP contribution in [0.4, 0.5) is 0 Å². The normalized spacial score (nSPS) is 17.2. The molecule has 1 aliphatic carbocycles. The van der Waals surface area contributed by atoms with Crippen LogP contribution in [0.1, 0.15) is 42.5 Å². The summed E-state index contributed by atoms with van der Waals surface area (Å²) in [6.07, 6.45) is 3.23. The maximum Gasteiger partial charge on any atom is 0.123 e. The molecule has 2 aromatic carbocycles. The van der Waals surface area contributed by atoms with E-state index in [4.69, 9.17) is 0 Å². The van der Waals surface area contributed by atoms with Gasteiger partial charge in [-0.2, -0.15) is 0 Å². The van der Waals surface area contributed by atoms with Crippen molar-refractivity contribution in [2.24, 2.45) is 0 Å². The molecule has 2 heteroatoms. The van der Waals surface area contributed by atoms with Crippen LogP contribution in [0.5, 0.6) is 5.75 Å². The monoisotopic (exact) mass is 307 g/mol. The summed E-state index contributed by atoms with van der Waals surface area (Å²) in [5.74, 6) is 0.376. The number of phenols is 1. The van der Waals surface area contributed by atoms with Crippen molar-refractivity contribution in [1.82, 2.24) is 4.90 Å². The molecule has 2 aromatic rings. The van der Waals surface area contributed by atoms with Crippen LogP contribution in [0.15, 0.2) is 48.5 Å². The fraction of sp³-hybridized carbons (Fsp3) is 0.333. The Kier molecular flexibility index (Phi) is 4.03. The first-order valence-corrected chi connectivity index (χ1v) is 8.20. The SMILES string of the molecule is CN(C)CC/C=C1/c2ccccc2C(C)(C)c2cccc(O)c21. The molecular weight excluding hydrogens is 282 g/mol. The lowest BCUT2D eigenvalue weighted by Crippen LogP contribution is -2.26. The van der Waals surface area contributed by atoms with Crippen molar-refractivity contribution in [2.45, 2.75) is 25.7 Å². The second kappa shape index (κ2) is 5.86. The highest BCUT2D eigenvalue weighted by molar-refractivity contribution is 5.90. The molecule has 1 N–H and O–H groups in total. The van der Waals surface area contributed by atoms with Crippen LogP contribution >= 0.6 is 0 Å². The van der Waals surface area contributed by atoms with Crippen molar-refractivity contribution < 1.29 is 5.11 Å². The third kappa shape index (κ3) is 2.68. The molecular formula is C21H25NO. The van der Waals surface area contributed by atoms with E-state index in [9.17, 15) is 5.11 Å². The summed E-state index contributed by atoms with van der Waals surface area (Å²) >= 11 is 0. The van der Waals surface area contributed by atoms with Crippen LogP contribution in [-0.2, 0) is 5.41 Å². The minimum atomic E-state index is -0.108. The predicted molar refractivity (Wildman–Crippen MR) is 96.9 cm³/mol. The van der Waals surface area contributed by atoms with Crippen molar-refractivity contribution in [3.63, 3.8) is 0 Å². The number of aromatic hydroxyl groups is 1. The largest absolute Gasteiger partial charge is 0.507 e. The molecule has 0 amide bonds. The van der Waals surface area contributed by atoms with Crippen molar-refractivity contribution in [3.05, 3.63) is 70.8 Å². The summed E-state index contributed by atoms with van der Waals surface area (Å²) in [4.78, 5) is 2.18. The van der Waals surface area contributed by atoms with Crippen molar-refractivity contribution in [1.29, 1.82) is 0 Å². The number of hydrogen-bond acceptors (Lipinski definition) is 2. The zero-order valence-electron chi connectivity index (χ0n) is 14.4. The first-order valence-electron chi connectivity index (χ1n) is 8.20. The third-order valence-electron chi connectivity index (χ3n) is 4.80. The van der Waals surface area contributed by atoms with Crippen LogP contribution in [0, 0.1) is 0 Å². The highest BCUT2D eigenvalue weighted by Gasteiger charge is 2.35. The van der Waals surface area contributed by atoms with Gasteiger partial charge in [-0.25, -0.2) is 0 Å². The van der Waals surface area contributed by atoms with Crippen LogP contribution in [0.3, 0.4) is 0 Å². The standard InChI is InChI=1S/C21H25NO/c1-21(2)17-11-6-5-9-15(17)16(10-8-14-22(3)4)20-18(21)12-7-13-19(20)23/h5-7,9-13,23H,8,14H2,1-4H3/b16-10-. The molecule has 0 saturated heterocycles. The molecule has 0 unspecified atom stereocenters. The number of benzene rings is 2. The van der Waals surface area contributed by atoms with Gasteiger partial charge in [0.2, 0.25) is 0 Å². The number of nitrogens with zero attached hydrogens (tertiary/aromatic N) is 1. The van der Waals surface area contributed by atoms with E-state index in [0.717, 1.165) is 24.1 Å². The van der Waals surface area contributed by atoms with Gasteiger partial charge in [0, 0.05) is 17.5 Å². The van der Waals surface area contributed by atoms with Crippen molar-refractivity contribution in [3.8, 4) is 5.75 Å². The van der Waals surface area contributed by atoms with Crippen molar-refractivity contribution in [2.75, 3.05) is 20.6 Å². The lowest BCUT2D eigenvalue weighted by molar-refractivity contribution is 0.417. The second-order valence-corrected chi connectivity index (χ2v) is 7.08. The molecule has 0 radical (unpaired) electrons. The van der Waals surface area contributed by atoms with E-state index < -0.39 is 0 Å². The van der Waals surface area contributed by atoms with E-state index in [1.807, 2.05) is 6.07 Å². The van der Waals surface area contributed by atoms with Gasteiger partial charge < -0.3 is 10.0 Å². The molecule has 1 aliphatic rings. The zero-order chi connectivity index (χ0) is 16.6. The van der Waals surface area contributed by atoms with Crippen LogP contribution in [0.25, 0.3) is 5.57 Å². The van der Waals surface area contributed by atoms with Crippen LogP contribution in [-0.4, -0.2) is 30.6 Å². The Morgan fingerprint density at radius 1 is 1.00 bits per heavy atom. The van der Waals surface area contributed by atoms with Gasteiger partial charge >= 0.3 is 0 Å². The third-order valence-corrected chi connectivity index (χ3v) is 4.80. The molecule has 0 spiro atoms. The van der Waals surface area contributed by atoms with E-state index in [1.165, 1.54) is 16.7 Å². The highest BCUT2D eigenvalue weighted by atomic mass is 16.3.